The lowest BCUT2D eigenvalue weighted by molar-refractivity contribution is 0.0696. The summed E-state index contributed by atoms with van der Waals surface area (Å²) in [6, 6.07) is 9.32. The van der Waals surface area contributed by atoms with E-state index in [2.05, 4.69) is 9.71 Å². The highest BCUT2D eigenvalue weighted by Gasteiger charge is 2.21. The maximum atomic E-state index is 13.0. The van der Waals surface area contributed by atoms with E-state index in [0.29, 0.717) is 10.6 Å². The zero-order valence-electron chi connectivity index (χ0n) is 13.8. The van der Waals surface area contributed by atoms with E-state index in [1.807, 2.05) is 0 Å². The summed E-state index contributed by atoms with van der Waals surface area (Å²) in [5.41, 5.74) is 0.650. The van der Waals surface area contributed by atoms with Gasteiger partial charge in [-0.15, -0.1) is 11.3 Å². The summed E-state index contributed by atoms with van der Waals surface area (Å²) < 4.78 is 45.6. The molecule has 0 saturated carbocycles. The van der Waals surface area contributed by atoms with Gasteiger partial charge in [0.15, 0.2) is 4.21 Å². The number of halogens is 1. The summed E-state index contributed by atoms with van der Waals surface area (Å²) in [5.74, 6) is -1.49. The number of hydrogen-bond acceptors (Lipinski definition) is 6. The van der Waals surface area contributed by atoms with Crippen LogP contribution in [-0.2, 0) is 10.0 Å². The highest BCUT2D eigenvalue weighted by molar-refractivity contribution is 7.94. The number of carboxylic acid groups (broad SMARTS) is 1. The molecule has 1 aromatic heterocycles. The summed E-state index contributed by atoms with van der Waals surface area (Å²) in [6.45, 7) is 0. The Balaban J connectivity index is 1.89. The molecule has 0 atom stereocenters. The molecule has 0 spiro atoms. The molecule has 0 fully saturated rings. The van der Waals surface area contributed by atoms with Crippen LogP contribution in [0.1, 0.15) is 10.4 Å². The molecule has 0 radical (unpaired) electrons. The molecule has 0 aliphatic heterocycles. The SMILES string of the molecule is COc1cc(C(=O)O)ccc1NS(=O)(=O)c1cnc(-c2ccc(F)cc2)s1. The number of aromatic nitrogens is 1. The number of sulfonamides is 1. The van der Waals surface area contributed by atoms with Gasteiger partial charge in [0.25, 0.3) is 10.0 Å². The standard InChI is InChI=1S/C17H13FN2O5S2/c1-25-14-8-11(17(21)22)4-7-13(14)20-27(23,24)15-9-19-16(26-15)10-2-5-12(18)6-3-10/h2-9,20H,1H3,(H,21,22). The van der Waals surface area contributed by atoms with Gasteiger partial charge >= 0.3 is 5.97 Å². The number of carboxylic acids is 1. The number of benzene rings is 2. The molecule has 0 bridgehead atoms. The van der Waals surface area contributed by atoms with Crippen LogP contribution in [-0.4, -0.2) is 31.6 Å². The molecule has 27 heavy (non-hydrogen) atoms. The summed E-state index contributed by atoms with van der Waals surface area (Å²) in [7, 11) is -2.67. The van der Waals surface area contributed by atoms with Crippen molar-refractivity contribution in [2.24, 2.45) is 0 Å². The molecule has 0 aliphatic carbocycles. The van der Waals surface area contributed by atoms with Crippen LogP contribution < -0.4 is 9.46 Å². The first-order valence-corrected chi connectivity index (χ1v) is 9.76. The van der Waals surface area contributed by atoms with Gasteiger partial charge < -0.3 is 9.84 Å². The second kappa shape index (κ2) is 7.33. The monoisotopic (exact) mass is 408 g/mol. The summed E-state index contributed by atoms with van der Waals surface area (Å²) >= 11 is 0.921. The van der Waals surface area contributed by atoms with Crippen molar-refractivity contribution in [3.05, 3.63) is 60.0 Å². The molecule has 0 amide bonds. The zero-order valence-corrected chi connectivity index (χ0v) is 15.5. The number of ether oxygens (including phenoxy) is 1. The van der Waals surface area contributed by atoms with E-state index in [1.165, 1.54) is 55.8 Å². The lowest BCUT2D eigenvalue weighted by atomic mass is 10.2. The molecular formula is C17H13FN2O5S2. The predicted octanol–water partition coefficient (Wildman–Crippen LogP) is 3.46. The first-order valence-electron chi connectivity index (χ1n) is 7.46. The molecule has 0 saturated heterocycles. The smallest absolute Gasteiger partial charge is 0.335 e. The molecule has 3 rings (SSSR count). The average molecular weight is 408 g/mol. The normalized spacial score (nSPS) is 11.2. The van der Waals surface area contributed by atoms with Crippen molar-refractivity contribution in [1.82, 2.24) is 4.98 Å². The molecule has 2 N–H and O–H groups in total. The molecule has 140 valence electrons. The van der Waals surface area contributed by atoms with Crippen molar-refractivity contribution < 1.29 is 27.4 Å². The van der Waals surface area contributed by atoms with Gasteiger partial charge in [-0.25, -0.2) is 22.6 Å². The molecule has 10 heteroatoms. The zero-order chi connectivity index (χ0) is 19.6. The summed E-state index contributed by atoms with van der Waals surface area (Å²) in [4.78, 5) is 15.1. The lowest BCUT2D eigenvalue weighted by Crippen LogP contribution is -2.12. The number of nitrogens with one attached hydrogen (secondary N) is 1. The predicted molar refractivity (Wildman–Crippen MR) is 98.3 cm³/mol. The Morgan fingerprint density at radius 2 is 1.93 bits per heavy atom. The molecule has 1 heterocycles. The number of aromatic carboxylic acids is 1. The molecule has 3 aromatic rings. The van der Waals surface area contributed by atoms with E-state index in [9.17, 15) is 17.6 Å². The minimum Gasteiger partial charge on any atom is -0.495 e. The second-order valence-electron chi connectivity index (χ2n) is 5.32. The number of carbonyl (C=O) groups is 1. The largest absolute Gasteiger partial charge is 0.495 e. The third kappa shape index (κ3) is 4.07. The van der Waals surface area contributed by atoms with Gasteiger partial charge in [0.1, 0.15) is 16.6 Å². The van der Waals surface area contributed by atoms with E-state index < -0.39 is 21.8 Å². The van der Waals surface area contributed by atoms with E-state index in [4.69, 9.17) is 9.84 Å². The van der Waals surface area contributed by atoms with E-state index in [-0.39, 0.29) is 21.2 Å². The second-order valence-corrected chi connectivity index (χ2v) is 8.26. The fourth-order valence-electron chi connectivity index (χ4n) is 2.21. The molecule has 0 aliphatic rings. The highest BCUT2D eigenvalue weighted by atomic mass is 32.2. The van der Waals surface area contributed by atoms with Gasteiger partial charge in [-0.1, -0.05) is 0 Å². The fourth-order valence-corrected chi connectivity index (χ4v) is 4.42. The number of methoxy groups -OCH3 is 1. The third-order valence-corrected chi connectivity index (χ3v) is 6.41. The van der Waals surface area contributed by atoms with Crippen molar-refractivity contribution in [3.8, 4) is 16.3 Å². The molecule has 2 aromatic carbocycles. The summed E-state index contributed by atoms with van der Waals surface area (Å²) in [6.07, 6.45) is 1.20. The van der Waals surface area contributed by atoms with Crippen molar-refractivity contribution in [3.63, 3.8) is 0 Å². The first-order chi connectivity index (χ1) is 12.8. The Morgan fingerprint density at radius 3 is 2.56 bits per heavy atom. The Kier molecular flexibility index (Phi) is 5.10. The van der Waals surface area contributed by atoms with Gasteiger partial charge in [0, 0.05) is 5.56 Å². The van der Waals surface area contributed by atoms with E-state index in [1.54, 1.807) is 0 Å². The van der Waals surface area contributed by atoms with E-state index >= 15 is 0 Å². The number of rotatable bonds is 6. The van der Waals surface area contributed by atoms with Crippen LogP contribution >= 0.6 is 11.3 Å². The third-order valence-electron chi connectivity index (χ3n) is 3.53. The maximum absolute atomic E-state index is 13.0. The van der Waals surface area contributed by atoms with Crippen LogP contribution in [0.15, 0.2) is 52.9 Å². The molecular weight excluding hydrogens is 395 g/mol. The van der Waals surface area contributed by atoms with Crippen LogP contribution in [0, 0.1) is 5.82 Å². The van der Waals surface area contributed by atoms with Crippen LogP contribution in [0.3, 0.4) is 0 Å². The fraction of sp³-hybridized carbons (Fsp3) is 0.0588. The minimum atomic E-state index is -3.97. The van der Waals surface area contributed by atoms with Crippen LogP contribution in [0.5, 0.6) is 5.75 Å². The highest BCUT2D eigenvalue weighted by Crippen LogP contribution is 2.32. The topological polar surface area (TPSA) is 106 Å². The van der Waals surface area contributed by atoms with Crippen molar-refractivity contribution in [1.29, 1.82) is 0 Å². The Labute approximate surface area is 158 Å². The number of hydrogen-bond donors (Lipinski definition) is 2. The van der Waals surface area contributed by atoms with Crippen molar-refractivity contribution >= 4 is 33.0 Å². The van der Waals surface area contributed by atoms with Gasteiger partial charge in [-0.2, -0.15) is 0 Å². The van der Waals surface area contributed by atoms with Crippen LogP contribution in [0.4, 0.5) is 10.1 Å². The van der Waals surface area contributed by atoms with Crippen LogP contribution in [0.25, 0.3) is 10.6 Å². The van der Waals surface area contributed by atoms with Gasteiger partial charge in [-0.05, 0) is 42.5 Å². The van der Waals surface area contributed by atoms with Crippen molar-refractivity contribution in [2.75, 3.05) is 11.8 Å². The first kappa shape index (κ1) is 18.8. The van der Waals surface area contributed by atoms with Gasteiger partial charge in [0.05, 0.1) is 24.6 Å². The van der Waals surface area contributed by atoms with Crippen LogP contribution in [0.2, 0.25) is 0 Å². The molecule has 0 unspecified atom stereocenters. The minimum absolute atomic E-state index is 0.0359. The number of thiazole rings is 1. The Morgan fingerprint density at radius 1 is 1.22 bits per heavy atom. The van der Waals surface area contributed by atoms with Gasteiger partial charge in [0.2, 0.25) is 0 Å². The van der Waals surface area contributed by atoms with Gasteiger partial charge in [-0.3, -0.25) is 4.72 Å². The maximum Gasteiger partial charge on any atom is 0.335 e. The molecule has 7 nitrogen and oxygen atoms in total. The summed E-state index contributed by atoms with van der Waals surface area (Å²) in [5, 5.41) is 9.43. The number of anilines is 1. The van der Waals surface area contributed by atoms with Crippen molar-refractivity contribution in [2.45, 2.75) is 4.21 Å². The average Bonchev–Trinajstić information content (AvgIpc) is 3.13. The Hall–Kier alpha value is -2.98. The lowest BCUT2D eigenvalue weighted by Gasteiger charge is -2.11. The Bertz CT molecular complexity index is 1090. The quantitative estimate of drug-likeness (QED) is 0.647. The van der Waals surface area contributed by atoms with E-state index in [0.717, 1.165) is 11.3 Å². The number of nitrogens with zero attached hydrogens (tertiary/aromatic N) is 1.